The van der Waals surface area contributed by atoms with Crippen LogP contribution in [0.2, 0.25) is 0 Å². The van der Waals surface area contributed by atoms with E-state index in [9.17, 15) is 9.59 Å². The van der Waals surface area contributed by atoms with Crippen LogP contribution in [0, 0.1) is 5.92 Å². The summed E-state index contributed by atoms with van der Waals surface area (Å²) in [5.41, 5.74) is 0.553. The molecule has 1 atom stereocenters. The number of aldehydes is 1. The van der Waals surface area contributed by atoms with E-state index in [0.717, 1.165) is 6.29 Å². The Morgan fingerprint density at radius 3 is 2.63 bits per heavy atom. The van der Waals surface area contributed by atoms with E-state index in [1.165, 1.54) is 0 Å². The van der Waals surface area contributed by atoms with E-state index in [1.54, 1.807) is 18.2 Å². The van der Waals surface area contributed by atoms with Gasteiger partial charge in [0.2, 0.25) is 0 Å². The van der Waals surface area contributed by atoms with Gasteiger partial charge in [0, 0.05) is 11.6 Å². The number of carbonyl (C=O) groups is 2. The summed E-state index contributed by atoms with van der Waals surface area (Å²) in [5.74, 6) is 0.757. The monoisotopic (exact) mass is 327 g/mol. The lowest BCUT2D eigenvalue weighted by Gasteiger charge is -2.17. The van der Waals surface area contributed by atoms with Gasteiger partial charge in [0.25, 0.3) is 5.91 Å². The molecule has 0 bridgehead atoms. The Kier molecular flexibility index (Phi) is 6.02. The highest BCUT2D eigenvalue weighted by Gasteiger charge is 2.11. The van der Waals surface area contributed by atoms with Crippen molar-refractivity contribution >= 4 is 28.1 Å². The Balaban J connectivity index is 2.53. The minimum atomic E-state index is -0.160. The smallest absolute Gasteiger partial charge is 0.258 e. The third-order valence-electron chi connectivity index (χ3n) is 2.84. The SMILES string of the molecule is CC(C)C(C)NC(=O)COc1ccc(C=O)cc1Br. The van der Waals surface area contributed by atoms with Crippen molar-refractivity contribution in [2.45, 2.75) is 26.8 Å². The number of benzene rings is 1. The normalized spacial score (nSPS) is 12.1. The zero-order valence-electron chi connectivity index (χ0n) is 11.3. The zero-order chi connectivity index (χ0) is 14.4. The highest BCUT2D eigenvalue weighted by atomic mass is 79.9. The third kappa shape index (κ3) is 5.03. The Hall–Kier alpha value is -1.36. The molecule has 1 unspecified atom stereocenters. The van der Waals surface area contributed by atoms with Crippen molar-refractivity contribution < 1.29 is 14.3 Å². The molecular formula is C14H18BrNO3. The number of carbonyl (C=O) groups excluding carboxylic acids is 2. The standard InChI is InChI=1S/C14H18BrNO3/c1-9(2)10(3)16-14(18)8-19-13-5-4-11(7-17)6-12(13)15/h4-7,9-10H,8H2,1-3H3,(H,16,18). The highest BCUT2D eigenvalue weighted by molar-refractivity contribution is 9.10. The molecule has 1 N–H and O–H groups in total. The molecule has 0 aliphatic rings. The Morgan fingerprint density at radius 1 is 1.42 bits per heavy atom. The van der Waals surface area contributed by atoms with Crippen LogP contribution in [-0.4, -0.2) is 24.8 Å². The maximum atomic E-state index is 11.7. The lowest BCUT2D eigenvalue weighted by Crippen LogP contribution is -2.38. The van der Waals surface area contributed by atoms with Gasteiger partial charge in [-0.15, -0.1) is 0 Å². The Morgan fingerprint density at radius 2 is 2.11 bits per heavy atom. The molecule has 0 aliphatic heterocycles. The van der Waals surface area contributed by atoms with Crippen LogP contribution in [0.5, 0.6) is 5.75 Å². The summed E-state index contributed by atoms with van der Waals surface area (Å²) in [4.78, 5) is 22.3. The number of ether oxygens (including phenoxy) is 1. The van der Waals surface area contributed by atoms with Crippen LogP contribution < -0.4 is 10.1 Å². The first kappa shape index (κ1) is 15.7. The van der Waals surface area contributed by atoms with Gasteiger partial charge in [0.05, 0.1) is 4.47 Å². The van der Waals surface area contributed by atoms with Crippen LogP contribution >= 0.6 is 15.9 Å². The van der Waals surface area contributed by atoms with Gasteiger partial charge in [-0.2, -0.15) is 0 Å². The van der Waals surface area contributed by atoms with Gasteiger partial charge in [-0.1, -0.05) is 13.8 Å². The fourth-order valence-electron chi connectivity index (χ4n) is 1.31. The van der Waals surface area contributed by atoms with E-state index >= 15 is 0 Å². The van der Waals surface area contributed by atoms with Crippen LogP contribution in [0.3, 0.4) is 0 Å². The first-order chi connectivity index (χ1) is 8.93. The van der Waals surface area contributed by atoms with E-state index in [2.05, 4.69) is 21.2 Å². The minimum Gasteiger partial charge on any atom is -0.483 e. The van der Waals surface area contributed by atoms with Crippen molar-refractivity contribution in [2.75, 3.05) is 6.61 Å². The van der Waals surface area contributed by atoms with Gasteiger partial charge >= 0.3 is 0 Å². The van der Waals surface area contributed by atoms with Crippen LogP contribution in [-0.2, 0) is 4.79 Å². The van der Waals surface area contributed by atoms with Gasteiger partial charge in [0.15, 0.2) is 6.61 Å². The van der Waals surface area contributed by atoms with Crippen LogP contribution in [0.1, 0.15) is 31.1 Å². The second kappa shape index (κ2) is 7.28. The maximum absolute atomic E-state index is 11.7. The summed E-state index contributed by atoms with van der Waals surface area (Å²) >= 11 is 3.30. The molecule has 0 saturated carbocycles. The van der Waals surface area contributed by atoms with Crippen molar-refractivity contribution in [3.05, 3.63) is 28.2 Å². The van der Waals surface area contributed by atoms with Gasteiger partial charge in [-0.3, -0.25) is 9.59 Å². The van der Waals surface area contributed by atoms with E-state index in [0.29, 0.717) is 21.7 Å². The number of halogens is 1. The fraction of sp³-hybridized carbons (Fsp3) is 0.429. The van der Waals surface area contributed by atoms with E-state index in [4.69, 9.17) is 4.74 Å². The van der Waals surface area contributed by atoms with E-state index in [1.807, 2.05) is 20.8 Å². The predicted octanol–water partition coefficient (Wildman–Crippen LogP) is 2.80. The molecule has 0 aliphatic carbocycles. The van der Waals surface area contributed by atoms with E-state index in [-0.39, 0.29) is 18.6 Å². The Bertz CT molecular complexity index is 460. The third-order valence-corrected chi connectivity index (χ3v) is 3.46. The number of hydrogen-bond acceptors (Lipinski definition) is 3. The topological polar surface area (TPSA) is 55.4 Å². The van der Waals surface area contributed by atoms with Crippen LogP contribution in [0.15, 0.2) is 22.7 Å². The number of rotatable bonds is 6. The Labute approximate surface area is 121 Å². The molecule has 5 heteroatoms. The van der Waals surface area contributed by atoms with Crippen molar-refractivity contribution in [2.24, 2.45) is 5.92 Å². The van der Waals surface area contributed by atoms with Gasteiger partial charge in [-0.25, -0.2) is 0 Å². The van der Waals surface area contributed by atoms with E-state index < -0.39 is 0 Å². The van der Waals surface area contributed by atoms with Crippen molar-refractivity contribution in [1.82, 2.24) is 5.32 Å². The maximum Gasteiger partial charge on any atom is 0.258 e. The highest BCUT2D eigenvalue weighted by Crippen LogP contribution is 2.25. The second-order valence-corrected chi connectivity index (χ2v) is 5.55. The molecule has 0 fully saturated rings. The average molecular weight is 328 g/mol. The van der Waals surface area contributed by atoms with Gasteiger partial charge in [0.1, 0.15) is 12.0 Å². The minimum absolute atomic E-state index is 0.0455. The molecular weight excluding hydrogens is 310 g/mol. The molecule has 0 spiro atoms. The first-order valence-corrected chi connectivity index (χ1v) is 6.90. The number of hydrogen-bond donors (Lipinski definition) is 1. The lowest BCUT2D eigenvalue weighted by atomic mass is 10.1. The average Bonchev–Trinajstić information content (AvgIpc) is 2.36. The number of nitrogens with one attached hydrogen (secondary N) is 1. The molecule has 19 heavy (non-hydrogen) atoms. The fourth-order valence-corrected chi connectivity index (χ4v) is 1.82. The summed E-state index contributed by atoms with van der Waals surface area (Å²) in [6.45, 7) is 5.99. The van der Waals surface area contributed by atoms with Crippen molar-refractivity contribution in [1.29, 1.82) is 0 Å². The molecule has 0 aromatic heterocycles. The summed E-state index contributed by atoms with van der Waals surface area (Å²) < 4.78 is 6.06. The molecule has 104 valence electrons. The second-order valence-electron chi connectivity index (χ2n) is 4.70. The van der Waals surface area contributed by atoms with Gasteiger partial charge in [-0.05, 0) is 47.0 Å². The number of amides is 1. The summed E-state index contributed by atoms with van der Waals surface area (Å²) in [6.07, 6.45) is 0.756. The van der Waals surface area contributed by atoms with Crippen LogP contribution in [0.4, 0.5) is 0 Å². The molecule has 1 aromatic rings. The lowest BCUT2D eigenvalue weighted by molar-refractivity contribution is -0.124. The molecule has 0 radical (unpaired) electrons. The van der Waals surface area contributed by atoms with Crippen LogP contribution in [0.25, 0.3) is 0 Å². The van der Waals surface area contributed by atoms with Crippen molar-refractivity contribution in [3.63, 3.8) is 0 Å². The zero-order valence-corrected chi connectivity index (χ0v) is 12.9. The molecule has 0 saturated heterocycles. The predicted molar refractivity (Wildman–Crippen MR) is 77.5 cm³/mol. The molecule has 1 rings (SSSR count). The largest absolute Gasteiger partial charge is 0.483 e. The molecule has 1 amide bonds. The quantitative estimate of drug-likeness (QED) is 0.817. The summed E-state index contributed by atoms with van der Waals surface area (Å²) in [7, 11) is 0. The van der Waals surface area contributed by atoms with Crippen molar-refractivity contribution in [3.8, 4) is 5.75 Å². The molecule has 4 nitrogen and oxygen atoms in total. The summed E-state index contributed by atoms with van der Waals surface area (Å²) in [5, 5.41) is 2.86. The molecule has 1 aromatic carbocycles. The first-order valence-electron chi connectivity index (χ1n) is 6.11. The van der Waals surface area contributed by atoms with Gasteiger partial charge < -0.3 is 10.1 Å². The summed E-state index contributed by atoms with van der Waals surface area (Å²) in [6, 6.07) is 5.06. The molecule has 0 heterocycles.